The Morgan fingerprint density at radius 1 is 1.14 bits per heavy atom. The van der Waals surface area contributed by atoms with E-state index in [4.69, 9.17) is 5.11 Å². The lowest BCUT2D eigenvalue weighted by Gasteiger charge is -2.16. The van der Waals surface area contributed by atoms with E-state index in [-0.39, 0.29) is 23.0 Å². The smallest absolute Gasteiger partial charge is 0.335 e. The Labute approximate surface area is 161 Å². The van der Waals surface area contributed by atoms with Crippen molar-refractivity contribution in [3.8, 4) is 0 Å². The molecule has 0 spiro atoms. The molecule has 1 aromatic carbocycles. The molecule has 4 N–H and O–H groups in total. The first kappa shape index (κ1) is 19.3. The molecule has 2 heterocycles. The number of hydrogen-bond donors (Lipinski definition) is 4. The molecule has 1 amide bonds. The molecule has 0 aliphatic carbocycles. The number of aromatic amines is 2. The molecule has 146 valence electrons. The molecule has 3 aromatic rings. The van der Waals surface area contributed by atoms with Gasteiger partial charge >= 0.3 is 5.97 Å². The van der Waals surface area contributed by atoms with E-state index < -0.39 is 11.4 Å². The van der Waals surface area contributed by atoms with Crippen LogP contribution in [0.15, 0.2) is 35.3 Å². The molecular weight excluding hydrogens is 360 g/mol. The van der Waals surface area contributed by atoms with Crippen molar-refractivity contribution in [2.75, 3.05) is 5.32 Å². The molecular formula is C20H22N4O4. The summed E-state index contributed by atoms with van der Waals surface area (Å²) >= 11 is 0. The van der Waals surface area contributed by atoms with Crippen molar-refractivity contribution in [2.24, 2.45) is 5.41 Å². The van der Waals surface area contributed by atoms with Crippen LogP contribution >= 0.6 is 0 Å². The van der Waals surface area contributed by atoms with E-state index in [1.165, 1.54) is 0 Å². The van der Waals surface area contributed by atoms with Gasteiger partial charge in [-0.3, -0.25) is 19.9 Å². The number of H-pyrrole nitrogens is 2. The summed E-state index contributed by atoms with van der Waals surface area (Å²) in [4.78, 5) is 45.4. The lowest BCUT2D eigenvalue weighted by molar-refractivity contribution is -0.123. The summed E-state index contributed by atoms with van der Waals surface area (Å²) in [6, 6.07) is 6.65. The summed E-state index contributed by atoms with van der Waals surface area (Å²) in [6.45, 7) is 5.32. The number of benzene rings is 1. The Balaban J connectivity index is 1.79. The van der Waals surface area contributed by atoms with Crippen molar-refractivity contribution < 1.29 is 14.7 Å². The van der Waals surface area contributed by atoms with Crippen molar-refractivity contribution in [1.29, 1.82) is 0 Å². The van der Waals surface area contributed by atoms with E-state index in [9.17, 15) is 14.4 Å². The molecule has 0 unspecified atom stereocenters. The molecule has 8 nitrogen and oxygen atoms in total. The highest BCUT2D eigenvalue weighted by Crippen LogP contribution is 2.18. The van der Waals surface area contributed by atoms with Gasteiger partial charge in [0.2, 0.25) is 11.9 Å². The molecule has 0 bridgehead atoms. The predicted octanol–water partition coefficient (Wildman–Crippen LogP) is 2.72. The van der Waals surface area contributed by atoms with Crippen LogP contribution < -0.4 is 10.9 Å². The summed E-state index contributed by atoms with van der Waals surface area (Å²) in [5.41, 5.74) is 1.49. The highest BCUT2D eigenvalue weighted by Gasteiger charge is 2.22. The fourth-order valence-electron chi connectivity index (χ4n) is 2.75. The highest BCUT2D eigenvalue weighted by atomic mass is 16.4. The Morgan fingerprint density at radius 2 is 1.82 bits per heavy atom. The minimum Gasteiger partial charge on any atom is -0.478 e. The van der Waals surface area contributed by atoms with Crippen LogP contribution in [0, 0.1) is 5.41 Å². The lowest BCUT2D eigenvalue weighted by atomic mass is 9.96. The van der Waals surface area contributed by atoms with E-state index in [1.54, 1.807) is 51.2 Å². The summed E-state index contributed by atoms with van der Waals surface area (Å²) < 4.78 is 0. The van der Waals surface area contributed by atoms with Crippen LogP contribution in [-0.4, -0.2) is 31.9 Å². The first-order valence-electron chi connectivity index (χ1n) is 8.89. The van der Waals surface area contributed by atoms with Gasteiger partial charge in [-0.15, -0.1) is 0 Å². The predicted molar refractivity (Wildman–Crippen MR) is 106 cm³/mol. The Bertz CT molecular complexity index is 1090. The number of aromatic nitrogens is 3. The number of aromatic carboxylic acids is 1. The molecule has 0 aliphatic heterocycles. The molecule has 2 aromatic heterocycles. The third-order valence-electron chi connectivity index (χ3n) is 4.42. The SMILES string of the molecule is CC(C)(C)C(=O)Nc1nc2[nH]cc(CCc3ccc(C(=O)O)cc3)c2c(=O)[nH]1. The summed E-state index contributed by atoms with van der Waals surface area (Å²) in [6.07, 6.45) is 2.97. The quantitative estimate of drug-likeness (QED) is 0.539. The fraction of sp³-hybridized carbons (Fsp3) is 0.300. The highest BCUT2D eigenvalue weighted by molar-refractivity contribution is 5.93. The number of nitrogens with one attached hydrogen (secondary N) is 3. The number of fused-ring (bicyclic) bond motifs is 1. The number of anilines is 1. The number of amides is 1. The van der Waals surface area contributed by atoms with Gasteiger partial charge in [-0.05, 0) is 36.1 Å². The van der Waals surface area contributed by atoms with E-state index >= 15 is 0 Å². The van der Waals surface area contributed by atoms with Gasteiger partial charge in [0, 0.05) is 11.6 Å². The first-order valence-corrected chi connectivity index (χ1v) is 8.89. The van der Waals surface area contributed by atoms with Gasteiger partial charge < -0.3 is 10.1 Å². The second kappa shape index (κ2) is 7.30. The maximum Gasteiger partial charge on any atom is 0.335 e. The third-order valence-corrected chi connectivity index (χ3v) is 4.42. The third kappa shape index (κ3) is 4.11. The standard InChI is InChI=1S/C20H22N4O4/c1-20(2,3)18(28)24-19-22-15-14(16(25)23-19)13(10-21-15)9-6-11-4-7-12(8-5-11)17(26)27/h4-5,7-8,10H,6,9H2,1-3H3,(H,26,27)(H3,21,22,23,24,25,28). The van der Waals surface area contributed by atoms with Crippen LogP contribution in [-0.2, 0) is 17.6 Å². The van der Waals surface area contributed by atoms with Crippen LogP contribution in [0.5, 0.6) is 0 Å². The van der Waals surface area contributed by atoms with Crippen molar-refractivity contribution >= 4 is 28.9 Å². The number of carboxylic acids is 1. The van der Waals surface area contributed by atoms with Crippen LogP contribution in [0.1, 0.15) is 42.3 Å². The monoisotopic (exact) mass is 382 g/mol. The molecule has 0 atom stereocenters. The van der Waals surface area contributed by atoms with E-state index in [0.717, 1.165) is 11.1 Å². The number of carbonyl (C=O) groups excluding carboxylic acids is 1. The van der Waals surface area contributed by atoms with Gasteiger partial charge in [0.25, 0.3) is 5.56 Å². The van der Waals surface area contributed by atoms with Gasteiger partial charge in [0.15, 0.2) is 0 Å². The molecule has 0 saturated heterocycles. The van der Waals surface area contributed by atoms with Crippen LogP contribution in [0.2, 0.25) is 0 Å². The Kier molecular flexibility index (Phi) is 5.04. The molecule has 8 heteroatoms. The van der Waals surface area contributed by atoms with E-state index in [1.807, 2.05) is 0 Å². The van der Waals surface area contributed by atoms with Crippen molar-refractivity contribution in [1.82, 2.24) is 15.0 Å². The Morgan fingerprint density at radius 3 is 2.43 bits per heavy atom. The minimum absolute atomic E-state index is 0.107. The zero-order valence-corrected chi connectivity index (χ0v) is 15.9. The van der Waals surface area contributed by atoms with Gasteiger partial charge in [0.1, 0.15) is 5.65 Å². The topological polar surface area (TPSA) is 128 Å². The summed E-state index contributed by atoms with van der Waals surface area (Å²) in [5.74, 6) is -1.10. The maximum absolute atomic E-state index is 12.5. The second-order valence-electron chi connectivity index (χ2n) is 7.66. The molecule has 0 radical (unpaired) electrons. The Hall–Kier alpha value is -3.42. The molecule has 0 saturated carbocycles. The second-order valence-corrected chi connectivity index (χ2v) is 7.66. The molecule has 3 rings (SSSR count). The van der Waals surface area contributed by atoms with Gasteiger partial charge in [0.05, 0.1) is 10.9 Å². The lowest BCUT2D eigenvalue weighted by Crippen LogP contribution is -2.29. The van der Waals surface area contributed by atoms with E-state index in [0.29, 0.717) is 23.9 Å². The van der Waals surface area contributed by atoms with Crippen molar-refractivity contribution in [3.05, 3.63) is 57.5 Å². The van der Waals surface area contributed by atoms with Crippen LogP contribution in [0.25, 0.3) is 11.0 Å². The number of carboxylic acid groups (broad SMARTS) is 1. The first-order chi connectivity index (χ1) is 13.1. The summed E-state index contributed by atoms with van der Waals surface area (Å²) in [7, 11) is 0. The molecule has 0 aliphatic rings. The van der Waals surface area contributed by atoms with Crippen LogP contribution in [0.4, 0.5) is 5.95 Å². The normalized spacial score (nSPS) is 11.5. The number of nitrogens with zero attached hydrogens (tertiary/aromatic N) is 1. The number of hydrogen-bond acceptors (Lipinski definition) is 4. The average molecular weight is 382 g/mol. The van der Waals surface area contributed by atoms with E-state index in [2.05, 4.69) is 20.3 Å². The molecule has 0 fully saturated rings. The van der Waals surface area contributed by atoms with Crippen LogP contribution in [0.3, 0.4) is 0 Å². The number of aryl methyl sites for hydroxylation is 2. The average Bonchev–Trinajstić information content (AvgIpc) is 3.03. The maximum atomic E-state index is 12.5. The van der Waals surface area contributed by atoms with Gasteiger partial charge in [-0.1, -0.05) is 32.9 Å². The van der Waals surface area contributed by atoms with Gasteiger partial charge in [-0.2, -0.15) is 4.98 Å². The number of rotatable bonds is 5. The zero-order chi connectivity index (χ0) is 20.5. The minimum atomic E-state index is -0.963. The summed E-state index contributed by atoms with van der Waals surface area (Å²) in [5, 5.41) is 12.0. The number of carbonyl (C=O) groups is 2. The fourth-order valence-corrected chi connectivity index (χ4v) is 2.75. The van der Waals surface area contributed by atoms with Crippen molar-refractivity contribution in [3.63, 3.8) is 0 Å². The largest absolute Gasteiger partial charge is 0.478 e. The van der Waals surface area contributed by atoms with Gasteiger partial charge in [-0.25, -0.2) is 4.79 Å². The molecule has 28 heavy (non-hydrogen) atoms. The van der Waals surface area contributed by atoms with Crippen molar-refractivity contribution in [2.45, 2.75) is 33.6 Å². The zero-order valence-electron chi connectivity index (χ0n) is 15.9.